The van der Waals surface area contributed by atoms with Gasteiger partial charge in [0.1, 0.15) is 0 Å². The molecule has 0 amide bonds. The zero-order valence-corrected chi connectivity index (χ0v) is 7.38. The van der Waals surface area contributed by atoms with Gasteiger partial charge in [0, 0.05) is 17.0 Å². The first-order valence-electron chi connectivity index (χ1n) is 4.32. The molecule has 12 heavy (non-hydrogen) atoms. The molecule has 0 saturated heterocycles. The third kappa shape index (κ3) is 0.686. The van der Waals surface area contributed by atoms with Crippen molar-refractivity contribution >= 4 is 11.6 Å². The van der Waals surface area contributed by atoms with Crippen LogP contribution in [0, 0.1) is 5.92 Å². The Hall–Kier alpha value is -0.530. The van der Waals surface area contributed by atoms with Crippen molar-refractivity contribution in [3.63, 3.8) is 0 Å². The van der Waals surface area contributed by atoms with E-state index >= 15 is 0 Å². The maximum absolute atomic E-state index is 6.06. The van der Waals surface area contributed by atoms with Crippen molar-refractivity contribution in [1.29, 1.82) is 0 Å². The van der Waals surface area contributed by atoms with Crippen LogP contribution in [0.15, 0.2) is 18.2 Å². The van der Waals surface area contributed by atoms with Gasteiger partial charge in [-0.2, -0.15) is 0 Å². The van der Waals surface area contributed by atoms with E-state index in [1.807, 2.05) is 12.1 Å². The molecule has 0 bridgehead atoms. The molecule has 0 aliphatic heterocycles. The van der Waals surface area contributed by atoms with Crippen LogP contribution in [0.4, 0.5) is 0 Å². The molecule has 0 radical (unpaired) electrons. The fraction of sp³-hybridized carbons (Fsp3) is 0.400. The summed E-state index contributed by atoms with van der Waals surface area (Å²) in [6.45, 7) is 0. The average Bonchev–Trinajstić information content (AvgIpc) is 2.57. The second-order valence-corrected chi connectivity index (χ2v) is 4.19. The van der Waals surface area contributed by atoms with E-state index in [0.717, 1.165) is 11.4 Å². The number of hydrogen-bond donors (Lipinski definition) is 1. The second-order valence-electron chi connectivity index (χ2n) is 3.78. The van der Waals surface area contributed by atoms with Gasteiger partial charge in [-0.05, 0) is 29.5 Å². The van der Waals surface area contributed by atoms with Crippen molar-refractivity contribution in [2.75, 3.05) is 0 Å². The van der Waals surface area contributed by atoms with E-state index in [-0.39, 0.29) is 0 Å². The SMILES string of the molecule is N[C@@H]1[C@@H]2Cc3c(Cl)cccc3[C@H]12. The van der Waals surface area contributed by atoms with E-state index in [1.165, 1.54) is 11.1 Å². The molecule has 0 heterocycles. The number of rotatable bonds is 0. The summed E-state index contributed by atoms with van der Waals surface area (Å²) >= 11 is 6.06. The van der Waals surface area contributed by atoms with Crippen molar-refractivity contribution < 1.29 is 0 Å². The van der Waals surface area contributed by atoms with Crippen LogP contribution in [0.25, 0.3) is 0 Å². The van der Waals surface area contributed by atoms with Crippen LogP contribution in [0.2, 0.25) is 5.02 Å². The third-order valence-electron chi connectivity index (χ3n) is 3.18. The van der Waals surface area contributed by atoms with Crippen LogP contribution >= 0.6 is 11.6 Å². The lowest BCUT2D eigenvalue weighted by Gasteiger charge is -2.05. The molecular formula is C10H10ClN. The lowest BCUT2D eigenvalue weighted by atomic mass is 10.1. The van der Waals surface area contributed by atoms with Gasteiger partial charge in [-0.15, -0.1) is 0 Å². The highest BCUT2D eigenvalue weighted by Crippen LogP contribution is 2.56. The van der Waals surface area contributed by atoms with Gasteiger partial charge in [0.25, 0.3) is 0 Å². The maximum atomic E-state index is 6.06. The van der Waals surface area contributed by atoms with E-state index in [1.54, 1.807) is 0 Å². The Bertz CT molecular complexity index is 348. The van der Waals surface area contributed by atoms with Crippen molar-refractivity contribution in [3.05, 3.63) is 34.3 Å². The molecule has 1 aromatic carbocycles. The summed E-state index contributed by atoms with van der Waals surface area (Å²) in [5.74, 6) is 1.32. The Kier molecular flexibility index (Phi) is 1.18. The lowest BCUT2D eigenvalue weighted by molar-refractivity contribution is 0.801. The Labute approximate surface area is 76.5 Å². The minimum Gasteiger partial charge on any atom is -0.327 e. The Morgan fingerprint density at radius 2 is 2.25 bits per heavy atom. The molecule has 62 valence electrons. The Morgan fingerprint density at radius 1 is 1.42 bits per heavy atom. The summed E-state index contributed by atoms with van der Waals surface area (Å²) in [7, 11) is 0. The molecule has 1 saturated carbocycles. The first kappa shape index (κ1) is 6.93. The molecule has 3 atom stereocenters. The maximum Gasteiger partial charge on any atom is 0.0440 e. The van der Waals surface area contributed by atoms with Crippen LogP contribution in [-0.4, -0.2) is 6.04 Å². The highest BCUT2D eigenvalue weighted by Gasteiger charge is 2.53. The van der Waals surface area contributed by atoms with Gasteiger partial charge < -0.3 is 5.73 Å². The summed E-state index contributed by atoms with van der Waals surface area (Å²) in [6.07, 6.45) is 1.10. The number of hydrogen-bond acceptors (Lipinski definition) is 1. The Balaban J connectivity index is 2.16. The molecule has 0 aromatic heterocycles. The smallest absolute Gasteiger partial charge is 0.0440 e. The van der Waals surface area contributed by atoms with E-state index < -0.39 is 0 Å². The predicted molar refractivity (Wildman–Crippen MR) is 49.4 cm³/mol. The van der Waals surface area contributed by atoms with Crippen LogP contribution in [-0.2, 0) is 6.42 Å². The molecule has 1 nitrogen and oxygen atoms in total. The molecule has 2 aliphatic carbocycles. The van der Waals surface area contributed by atoms with Crippen molar-refractivity contribution in [2.24, 2.45) is 11.7 Å². The quantitative estimate of drug-likeness (QED) is 0.647. The standard InChI is InChI=1S/C10H10ClN/c11-8-3-1-2-5-6(8)4-7-9(5)10(7)12/h1-3,7,9-10H,4,12H2/t7-,9+,10-/m1/s1. The monoisotopic (exact) mass is 179 g/mol. The first-order chi connectivity index (χ1) is 5.79. The molecule has 1 aromatic rings. The molecule has 2 N–H and O–H groups in total. The predicted octanol–water partition coefficient (Wildman–Crippen LogP) is 1.94. The summed E-state index contributed by atoms with van der Waals surface area (Å²) < 4.78 is 0. The van der Waals surface area contributed by atoms with E-state index in [0.29, 0.717) is 17.9 Å². The molecule has 3 rings (SSSR count). The lowest BCUT2D eigenvalue weighted by Crippen LogP contribution is -2.08. The summed E-state index contributed by atoms with van der Waals surface area (Å²) in [6, 6.07) is 6.57. The molecule has 1 fully saturated rings. The number of fused-ring (bicyclic) bond motifs is 3. The fourth-order valence-corrected chi connectivity index (χ4v) is 2.70. The summed E-state index contributed by atoms with van der Waals surface area (Å²) in [4.78, 5) is 0. The Morgan fingerprint density at radius 3 is 3.08 bits per heavy atom. The molecule has 2 heteroatoms. The van der Waals surface area contributed by atoms with E-state index in [9.17, 15) is 0 Å². The fourth-order valence-electron chi connectivity index (χ4n) is 2.44. The van der Waals surface area contributed by atoms with Crippen LogP contribution in [0.5, 0.6) is 0 Å². The summed E-state index contributed by atoms with van der Waals surface area (Å²) in [5, 5.41) is 0.923. The minimum atomic E-state index is 0.413. The second kappa shape index (κ2) is 2.04. The van der Waals surface area contributed by atoms with Crippen molar-refractivity contribution in [2.45, 2.75) is 18.4 Å². The zero-order valence-electron chi connectivity index (χ0n) is 6.63. The van der Waals surface area contributed by atoms with Crippen LogP contribution in [0.1, 0.15) is 17.0 Å². The molecule has 2 aliphatic rings. The third-order valence-corrected chi connectivity index (χ3v) is 3.54. The van der Waals surface area contributed by atoms with Gasteiger partial charge in [0.15, 0.2) is 0 Å². The molecular weight excluding hydrogens is 170 g/mol. The van der Waals surface area contributed by atoms with Gasteiger partial charge in [0.05, 0.1) is 0 Å². The van der Waals surface area contributed by atoms with Gasteiger partial charge in [-0.25, -0.2) is 0 Å². The normalized spacial score (nSPS) is 36.0. The number of nitrogens with two attached hydrogens (primary N) is 1. The molecule has 0 unspecified atom stereocenters. The van der Waals surface area contributed by atoms with Crippen LogP contribution in [0.3, 0.4) is 0 Å². The van der Waals surface area contributed by atoms with Crippen molar-refractivity contribution in [1.82, 2.24) is 0 Å². The van der Waals surface area contributed by atoms with Gasteiger partial charge >= 0.3 is 0 Å². The number of benzene rings is 1. The molecule has 0 spiro atoms. The van der Waals surface area contributed by atoms with Gasteiger partial charge in [0.2, 0.25) is 0 Å². The number of halogens is 1. The largest absolute Gasteiger partial charge is 0.327 e. The van der Waals surface area contributed by atoms with Crippen LogP contribution < -0.4 is 5.73 Å². The highest BCUT2D eigenvalue weighted by molar-refractivity contribution is 6.31. The topological polar surface area (TPSA) is 26.0 Å². The average molecular weight is 180 g/mol. The van der Waals surface area contributed by atoms with Crippen molar-refractivity contribution in [3.8, 4) is 0 Å². The first-order valence-corrected chi connectivity index (χ1v) is 4.69. The zero-order chi connectivity index (χ0) is 8.29. The van der Waals surface area contributed by atoms with E-state index in [2.05, 4.69) is 6.07 Å². The minimum absolute atomic E-state index is 0.413. The highest BCUT2D eigenvalue weighted by atomic mass is 35.5. The van der Waals surface area contributed by atoms with Gasteiger partial charge in [-0.3, -0.25) is 0 Å². The summed E-state index contributed by atoms with van der Waals surface area (Å²) in [5.41, 5.74) is 8.64. The van der Waals surface area contributed by atoms with E-state index in [4.69, 9.17) is 17.3 Å². The van der Waals surface area contributed by atoms with Gasteiger partial charge in [-0.1, -0.05) is 23.7 Å².